The Balaban J connectivity index is 1.74. The summed E-state index contributed by atoms with van der Waals surface area (Å²) in [6, 6.07) is 7.87. The smallest absolute Gasteiger partial charge is 0.162 e. The molecule has 5 nitrogen and oxygen atoms in total. The number of aromatic nitrogens is 1. The van der Waals surface area contributed by atoms with Crippen molar-refractivity contribution in [2.45, 2.75) is 13.0 Å². The van der Waals surface area contributed by atoms with Crippen LogP contribution in [-0.2, 0) is 6.54 Å². The number of hydrogen-bond donors (Lipinski definition) is 1. The molecule has 7 heteroatoms. The minimum Gasteiger partial charge on any atom is -0.490 e. The summed E-state index contributed by atoms with van der Waals surface area (Å²) in [6.45, 7) is 1.90. The second kappa shape index (κ2) is 6.20. The van der Waals surface area contributed by atoms with Gasteiger partial charge < -0.3 is 14.8 Å². The van der Waals surface area contributed by atoms with E-state index in [9.17, 15) is 0 Å². The fourth-order valence-electron chi connectivity index (χ4n) is 1.99. The molecule has 0 aliphatic carbocycles. The van der Waals surface area contributed by atoms with E-state index >= 15 is 0 Å². The van der Waals surface area contributed by atoms with Crippen LogP contribution in [0.15, 0.2) is 18.2 Å². The SMILES string of the molecule is N#Cc1c(Cl)nsc1NCc1ccc2c(c1)OCCCO2. The third-order valence-electron chi connectivity index (χ3n) is 3.03. The van der Waals surface area contributed by atoms with Crippen molar-refractivity contribution in [1.82, 2.24) is 4.37 Å². The van der Waals surface area contributed by atoms with Crippen LogP contribution in [0.4, 0.5) is 5.00 Å². The van der Waals surface area contributed by atoms with Crippen LogP contribution < -0.4 is 14.8 Å². The highest BCUT2D eigenvalue weighted by atomic mass is 35.5. The highest BCUT2D eigenvalue weighted by Crippen LogP contribution is 2.32. The van der Waals surface area contributed by atoms with Crippen LogP contribution in [-0.4, -0.2) is 17.6 Å². The summed E-state index contributed by atoms with van der Waals surface area (Å²) in [5.74, 6) is 1.53. The highest BCUT2D eigenvalue weighted by molar-refractivity contribution is 7.10. The molecule has 0 unspecified atom stereocenters. The largest absolute Gasteiger partial charge is 0.490 e. The number of ether oxygens (including phenoxy) is 2. The van der Waals surface area contributed by atoms with E-state index in [0.29, 0.717) is 30.3 Å². The molecule has 108 valence electrons. The summed E-state index contributed by atoms with van der Waals surface area (Å²) >= 11 is 7.02. The number of nitrogens with zero attached hydrogens (tertiary/aromatic N) is 2. The van der Waals surface area contributed by atoms with Gasteiger partial charge in [-0.1, -0.05) is 17.7 Å². The van der Waals surface area contributed by atoms with Gasteiger partial charge in [0.15, 0.2) is 16.7 Å². The number of fused-ring (bicyclic) bond motifs is 1. The average molecular weight is 322 g/mol. The lowest BCUT2D eigenvalue weighted by Gasteiger charge is -2.10. The first-order valence-corrected chi connectivity index (χ1v) is 7.60. The molecule has 0 spiro atoms. The number of rotatable bonds is 3. The number of anilines is 1. The summed E-state index contributed by atoms with van der Waals surface area (Å²) in [5.41, 5.74) is 1.42. The van der Waals surface area contributed by atoms with Crippen LogP contribution in [0, 0.1) is 11.3 Å². The maximum Gasteiger partial charge on any atom is 0.162 e. The quantitative estimate of drug-likeness (QED) is 0.938. The van der Waals surface area contributed by atoms with E-state index in [1.807, 2.05) is 24.3 Å². The van der Waals surface area contributed by atoms with Gasteiger partial charge in [-0.15, -0.1) is 0 Å². The molecule has 0 saturated carbocycles. The Kier molecular flexibility index (Phi) is 4.13. The van der Waals surface area contributed by atoms with E-state index < -0.39 is 0 Å². The zero-order valence-electron chi connectivity index (χ0n) is 11.1. The van der Waals surface area contributed by atoms with E-state index in [0.717, 1.165) is 23.5 Å². The number of hydrogen-bond acceptors (Lipinski definition) is 6. The molecule has 0 saturated heterocycles. The molecule has 0 radical (unpaired) electrons. The number of nitrogens with one attached hydrogen (secondary N) is 1. The Labute approximate surface area is 131 Å². The van der Waals surface area contributed by atoms with Gasteiger partial charge in [-0.25, -0.2) is 0 Å². The number of benzene rings is 1. The van der Waals surface area contributed by atoms with Crippen molar-refractivity contribution in [3.63, 3.8) is 0 Å². The van der Waals surface area contributed by atoms with Crippen molar-refractivity contribution >= 4 is 28.1 Å². The monoisotopic (exact) mass is 321 g/mol. The molecule has 0 atom stereocenters. The fraction of sp³-hybridized carbons (Fsp3) is 0.286. The van der Waals surface area contributed by atoms with Crippen LogP contribution in [0.5, 0.6) is 11.5 Å². The fourth-order valence-corrected chi connectivity index (χ4v) is 2.92. The zero-order chi connectivity index (χ0) is 14.7. The van der Waals surface area contributed by atoms with E-state index in [1.165, 1.54) is 11.5 Å². The van der Waals surface area contributed by atoms with Gasteiger partial charge in [-0.2, -0.15) is 9.64 Å². The molecule has 1 aromatic carbocycles. The third kappa shape index (κ3) is 3.04. The van der Waals surface area contributed by atoms with Crippen LogP contribution in [0.2, 0.25) is 5.15 Å². The van der Waals surface area contributed by atoms with E-state index in [4.69, 9.17) is 26.3 Å². The van der Waals surface area contributed by atoms with Crippen molar-refractivity contribution < 1.29 is 9.47 Å². The zero-order valence-corrected chi connectivity index (χ0v) is 12.6. The van der Waals surface area contributed by atoms with Crippen molar-refractivity contribution in [2.24, 2.45) is 0 Å². The van der Waals surface area contributed by atoms with Gasteiger partial charge in [0, 0.05) is 13.0 Å². The Morgan fingerprint density at radius 2 is 2.14 bits per heavy atom. The molecule has 2 aromatic rings. The van der Waals surface area contributed by atoms with Crippen LogP contribution >= 0.6 is 23.1 Å². The predicted octanol–water partition coefficient (Wildman–Crippen LogP) is 3.44. The normalized spacial score (nSPS) is 13.3. The number of halogens is 1. The molecule has 1 N–H and O–H groups in total. The molecule has 1 aromatic heterocycles. The number of nitriles is 1. The molecule has 0 amide bonds. The van der Waals surface area contributed by atoms with Gasteiger partial charge in [-0.3, -0.25) is 0 Å². The lowest BCUT2D eigenvalue weighted by atomic mass is 10.2. The summed E-state index contributed by atoms with van der Waals surface area (Å²) in [7, 11) is 0. The Morgan fingerprint density at radius 1 is 1.33 bits per heavy atom. The van der Waals surface area contributed by atoms with Gasteiger partial charge in [0.05, 0.1) is 13.2 Å². The van der Waals surface area contributed by atoms with Crippen LogP contribution in [0.3, 0.4) is 0 Å². The predicted molar refractivity (Wildman–Crippen MR) is 81.2 cm³/mol. The summed E-state index contributed by atoms with van der Waals surface area (Å²) in [5, 5.41) is 13.1. The van der Waals surface area contributed by atoms with Crippen molar-refractivity contribution in [1.29, 1.82) is 5.26 Å². The Morgan fingerprint density at radius 3 is 2.95 bits per heavy atom. The topological polar surface area (TPSA) is 67.2 Å². The molecule has 1 aliphatic heterocycles. The maximum absolute atomic E-state index is 9.03. The minimum atomic E-state index is 0.240. The first kappa shape index (κ1) is 14.0. The maximum atomic E-state index is 9.03. The first-order chi connectivity index (χ1) is 10.3. The van der Waals surface area contributed by atoms with Crippen LogP contribution in [0.1, 0.15) is 17.5 Å². The van der Waals surface area contributed by atoms with Crippen molar-refractivity contribution in [2.75, 3.05) is 18.5 Å². The molecular weight excluding hydrogens is 310 g/mol. The van der Waals surface area contributed by atoms with Gasteiger partial charge in [0.1, 0.15) is 16.6 Å². The molecule has 0 bridgehead atoms. The molecular formula is C14H12ClN3O2S. The molecule has 21 heavy (non-hydrogen) atoms. The average Bonchev–Trinajstić information content (AvgIpc) is 2.71. The summed E-state index contributed by atoms with van der Waals surface area (Å²) < 4.78 is 15.2. The lowest BCUT2D eigenvalue weighted by Crippen LogP contribution is -2.00. The second-order valence-corrected chi connectivity index (χ2v) is 5.61. The summed E-state index contributed by atoms with van der Waals surface area (Å²) in [6.07, 6.45) is 0.882. The Bertz CT molecular complexity index is 696. The summed E-state index contributed by atoms with van der Waals surface area (Å²) in [4.78, 5) is 0. The van der Waals surface area contributed by atoms with Crippen molar-refractivity contribution in [3.05, 3.63) is 34.5 Å². The first-order valence-electron chi connectivity index (χ1n) is 6.45. The van der Waals surface area contributed by atoms with E-state index in [1.54, 1.807) is 0 Å². The van der Waals surface area contributed by atoms with Gasteiger partial charge in [-0.05, 0) is 29.2 Å². The van der Waals surface area contributed by atoms with Crippen molar-refractivity contribution in [3.8, 4) is 17.6 Å². The van der Waals surface area contributed by atoms with E-state index in [-0.39, 0.29) is 5.15 Å². The standard InChI is InChI=1S/C14H12ClN3O2S/c15-13-10(7-16)14(21-18-13)17-8-9-2-3-11-12(6-9)20-5-1-4-19-11/h2-3,6,17H,1,4-5,8H2. The van der Waals surface area contributed by atoms with E-state index in [2.05, 4.69) is 9.69 Å². The molecule has 1 aliphatic rings. The molecule has 3 rings (SSSR count). The molecule has 0 fully saturated rings. The van der Waals surface area contributed by atoms with Gasteiger partial charge >= 0.3 is 0 Å². The lowest BCUT2D eigenvalue weighted by molar-refractivity contribution is 0.297. The van der Waals surface area contributed by atoms with Gasteiger partial charge in [0.2, 0.25) is 0 Å². The highest BCUT2D eigenvalue weighted by Gasteiger charge is 2.13. The third-order valence-corrected chi connectivity index (χ3v) is 4.21. The minimum absolute atomic E-state index is 0.240. The van der Waals surface area contributed by atoms with Gasteiger partial charge in [0.25, 0.3) is 0 Å². The second-order valence-electron chi connectivity index (χ2n) is 4.47. The van der Waals surface area contributed by atoms with Crippen LogP contribution in [0.25, 0.3) is 0 Å². The Hall–Kier alpha value is -1.97. The molecule has 2 heterocycles.